The van der Waals surface area contributed by atoms with Gasteiger partial charge in [0.25, 0.3) is 5.91 Å². The molecule has 3 aromatic carbocycles. The highest BCUT2D eigenvalue weighted by Gasteiger charge is 2.42. The lowest BCUT2D eigenvalue weighted by atomic mass is 9.98. The molecule has 31 heavy (non-hydrogen) atoms. The second-order valence-corrected chi connectivity index (χ2v) is 8.32. The molecule has 0 bridgehead atoms. The van der Waals surface area contributed by atoms with Crippen molar-refractivity contribution in [3.05, 3.63) is 110 Å². The number of carbonyl (C=O) groups is 1. The molecule has 1 amide bonds. The number of amides is 1. The lowest BCUT2D eigenvalue weighted by Gasteiger charge is -2.25. The first-order valence-electron chi connectivity index (χ1n) is 9.82. The zero-order valence-electron chi connectivity index (χ0n) is 16.7. The van der Waals surface area contributed by atoms with E-state index >= 15 is 0 Å². The molecular weight excluding hydrogens is 458 g/mol. The van der Waals surface area contributed by atoms with E-state index in [4.69, 9.17) is 9.15 Å². The van der Waals surface area contributed by atoms with Gasteiger partial charge >= 0.3 is 0 Å². The minimum absolute atomic E-state index is 0.116. The summed E-state index contributed by atoms with van der Waals surface area (Å²) in [6.07, 6.45) is 0. The van der Waals surface area contributed by atoms with Gasteiger partial charge in [-0.05, 0) is 47.5 Å². The molecule has 2 heterocycles. The Bertz CT molecular complexity index is 1340. The number of rotatable bonds is 4. The summed E-state index contributed by atoms with van der Waals surface area (Å²) in [7, 11) is 1.61. The number of para-hydroxylation sites is 1. The third kappa shape index (κ3) is 3.33. The summed E-state index contributed by atoms with van der Waals surface area (Å²) >= 11 is 3.45. The van der Waals surface area contributed by atoms with E-state index in [1.165, 1.54) is 0 Å². The van der Waals surface area contributed by atoms with Crippen LogP contribution in [0.15, 0.2) is 86.5 Å². The summed E-state index contributed by atoms with van der Waals surface area (Å²) in [6, 6.07) is 21.7. The van der Waals surface area contributed by atoms with E-state index in [0.29, 0.717) is 23.1 Å². The molecule has 0 saturated carbocycles. The van der Waals surface area contributed by atoms with Crippen LogP contribution >= 0.6 is 15.9 Å². The first kappa shape index (κ1) is 19.6. The van der Waals surface area contributed by atoms with Crippen LogP contribution in [-0.4, -0.2) is 17.9 Å². The lowest BCUT2D eigenvalue weighted by Crippen LogP contribution is -2.29. The maximum Gasteiger partial charge on any atom is 0.291 e. The van der Waals surface area contributed by atoms with Gasteiger partial charge in [-0.2, -0.15) is 0 Å². The second kappa shape index (κ2) is 7.71. The number of halogens is 1. The smallest absolute Gasteiger partial charge is 0.291 e. The maximum absolute atomic E-state index is 13.4. The fourth-order valence-corrected chi connectivity index (χ4v) is 4.31. The van der Waals surface area contributed by atoms with Gasteiger partial charge in [0.15, 0.2) is 5.43 Å². The number of benzene rings is 3. The second-order valence-electron chi connectivity index (χ2n) is 7.41. The number of hydrogen-bond acceptors (Lipinski definition) is 4. The van der Waals surface area contributed by atoms with Gasteiger partial charge in [-0.15, -0.1) is 0 Å². The molecule has 0 N–H and O–H groups in total. The number of fused-ring (bicyclic) bond motifs is 2. The molecule has 0 aliphatic carbocycles. The van der Waals surface area contributed by atoms with E-state index in [1.807, 2.05) is 48.5 Å². The molecule has 5 rings (SSSR count). The van der Waals surface area contributed by atoms with Crippen LogP contribution in [-0.2, 0) is 6.54 Å². The van der Waals surface area contributed by atoms with Gasteiger partial charge in [0.2, 0.25) is 5.76 Å². The Morgan fingerprint density at radius 3 is 2.39 bits per heavy atom. The number of ether oxygens (including phenoxy) is 1. The highest BCUT2D eigenvalue weighted by molar-refractivity contribution is 9.10. The zero-order chi connectivity index (χ0) is 21.5. The first-order valence-corrected chi connectivity index (χ1v) is 10.6. The molecule has 6 heteroatoms. The van der Waals surface area contributed by atoms with Crippen molar-refractivity contribution in [3.8, 4) is 5.75 Å². The average molecular weight is 476 g/mol. The topological polar surface area (TPSA) is 59.8 Å². The van der Waals surface area contributed by atoms with Crippen LogP contribution in [0.5, 0.6) is 5.75 Å². The van der Waals surface area contributed by atoms with E-state index in [-0.39, 0.29) is 17.1 Å². The third-order valence-corrected chi connectivity index (χ3v) is 6.10. The molecule has 0 spiro atoms. The third-order valence-electron chi connectivity index (χ3n) is 5.57. The lowest BCUT2D eigenvalue weighted by molar-refractivity contribution is 0.0714. The highest BCUT2D eigenvalue weighted by atomic mass is 79.9. The number of nitrogens with zero attached hydrogens (tertiary/aromatic N) is 1. The standard InChI is InChI=1S/C25H18BrNO4/c1-30-18-12-6-15(7-13-18)14-27-22(16-8-10-17(26)11-9-16)21-23(28)19-4-2-3-5-20(19)31-24(21)25(27)29/h2-13,22H,14H2,1H3. The number of carbonyl (C=O) groups excluding carboxylic acids is 1. The van der Waals surface area contributed by atoms with Crippen molar-refractivity contribution in [2.45, 2.75) is 12.6 Å². The monoisotopic (exact) mass is 475 g/mol. The molecule has 1 atom stereocenters. The van der Waals surface area contributed by atoms with Crippen LogP contribution in [0, 0.1) is 0 Å². The first-order chi connectivity index (χ1) is 15.1. The van der Waals surface area contributed by atoms with E-state index in [9.17, 15) is 9.59 Å². The van der Waals surface area contributed by atoms with E-state index in [0.717, 1.165) is 21.3 Å². The average Bonchev–Trinajstić information content (AvgIpc) is 3.07. The Morgan fingerprint density at radius 2 is 1.68 bits per heavy atom. The summed E-state index contributed by atoms with van der Waals surface area (Å²) in [5.41, 5.74) is 2.42. The molecule has 1 aromatic heterocycles. The van der Waals surface area contributed by atoms with Gasteiger partial charge in [-0.3, -0.25) is 9.59 Å². The minimum Gasteiger partial charge on any atom is -0.497 e. The summed E-state index contributed by atoms with van der Waals surface area (Å²) < 4.78 is 12.1. The molecule has 1 unspecified atom stereocenters. The molecular formula is C25H18BrNO4. The molecule has 0 fully saturated rings. The Hall–Kier alpha value is -3.38. The number of methoxy groups -OCH3 is 1. The van der Waals surface area contributed by atoms with E-state index < -0.39 is 6.04 Å². The van der Waals surface area contributed by atoms with E-state index in [2.05, 4.69) is 15.9 Å². The Balaban J connectivity index is 1.67. The minimum atomic E-state index is -0.529. The number of hydrogen-bond donors (Lipinski definition) is 0. The van der Waals surface area contributed by atoms with Crippen molar-refractivity contribution in [3.63, 3.8) is 0 Å². The summed E-state index contributed by atoms with van der Waals surface area (Å²) in [5.74, 6) is 0.569. The Labute approximate surface area is 187 Å². The molecule has 0 saturated heterocycles. The fourth-order valence-electron chi connectivity index (χ4n) is 4.05. The Kier molecular flexibility index (Phi) is 4.87. The normalized spacial score (nSPS) is 15.4. The highest BCUT2D eigenvalue weighted by Crippen LogP contribution is 2.39. The van der Waals surface area contributed by atoms with Crippen LogP contribution in [0.3, 0.4) is 0 Å². The largest absolute Gasteiger partial charge is 0.497 e. The van der Waals surface area contributed by atoms with Crippen LogP contribution in [0.2, 0.25) is 0 Å². The van der Waals surface area contributed by atoms with Crippen LogP contribution in [0.25, 0.3) is 11.0 Å². The summed E-state index contributed by atoms with van der Waals surface area (Å²) in [5, 5.41) is 0.474. The van der Waals surface area contributed by atoms with Gasteiger partial charge in [0.1, 0.15) is 11.3 Å². The molecule has 1 aliphatic heterocycles. The van der Waals surface area contributed by atoms with Crippen molar-refractivity contribution in [1.82, 2.24) is 4.90 Å². The maximum atomic E-state index is 13.4. The molecule has 1 aliphatic rings. The quantitative estimate of drug-likeness (QED) is 0.401. The van der Waals surface area contributed by atoms with Crippen LogP contribution in [0.1, 0.15) is 33.3 Å². The van der Waals surface area contributed by atoms with Crippen molar-refractivity contribution in [2.75, 3.05) is 7.11 Å². The molecule has 4 aromatic rings. The fraction of sp³-hybridized carbons (Fsp3) is 0.120. The molecule has 5 nitrogen and oxygen atoms in total. The van der Waals surface area contributed by atoms with Crippen molar-refractivity contribution in [1.29, 1.82) is 0 Å². The van der Waals surface area contributed by atoms with Gasteiger partial charge in [0, 0.05) is 11.0 Å². The van der Waals surface area contributed by atoms with Crippen LogP contribution in [0.4, 0.5) is 0 Å². The Morgan fingerprint density at radius 1 is 0.968 bits per heavy atom. The SMILES string of the molecule is COc1ccc(CN2C(=O)c3oc4ccccc4c(=O)c3C2c2ccc(Br)cc2)cc1. The zero-order valence-corrected chi connectivity index (χ0v) is 18.3. The van der Waals surface area contributed by atoms with E-state index in [1.54, 1.807) is 36.3 Å². The van der Waals surface area contributed by atoms with Gasteiger partial charge in [0.05, 0.1) is 24.1 Å². The van der Waals surface area contributed by atoms with Gasteiger partial charge in [-0.1, -0.05) is 52.3 Å². The molecule has 154 valence electrons. The predicted molar refractivity (Wildman–Crippen MR) is 121 cm³/mol. The van der Waals surface area contributed by atoms with Crippen molar-refractivity contribution >= 4 is 32.8 Å². The summed E-state index contributed by atoms with van der Waals surface area (Å²) in [4.78, 5) is 28.6. The van der Waals surface area contributed by atoms with Gasteiger partial charge in [-0.25, -0.2) is 0 Å². The van der Waals surface area contributed by atoms with Crippen LogP contribution < -0.4 is 10.2 Å². The van der Waals surface area contributed by atoms with Crippen molar-refractivity contribution < 1.29 is 13.9 Å². The predicted octanol–water partition coefficient (Wildman–Crippen LogP) is 5.31. The summed E-state index contributed by atoms with van der Waals surface area (Å²) in [6.45, 7) is 0.337. The van der Waals surface area contributed by atoms with Gasteiger partial charge < -0.3 is 14.1 Å². The molecule has 0 radical (unpaired) electrons. The van der Waals surface area contributed by atoms with Crippen molar-refractivity contribution in [2.24, 2.45) is 0 Å².